The number of hydrogen-bond acceptors (Lipinski definition) is 4. The Morgan fingerprint density at radius 3 is 2.67 bits per heavy atom. The van der Waals surface area contributed by atoms with Crippen molar-refractivity contribution in [3.63, 3.8) is 0 Å². The summed E-state index contributed by atoms with van der Waals surface area (Å²) in [5.41, 5.74) is 1.95. The molecule has 6 heteroatoms. The SMILES string of the molecule is CCNCc1cccc(CS(=O)(=O)NCCCCSC)c1. The Kier molecular flexibility index (Phi) is 8.99. The lowest BCUT2D eigenvalue weighted by Gasteiger charge is -2.08. The van der Waals surface area contributed by atoms with Crippen LogP contribution in [-0.2, 0) is 22.3 Å². The van der Waals surface area contributed by atoms with Crippen LogP contribution in [0.1, 0.15) is 30.9 Å². The molecule has 0 spiro atoms. The van der Waals surface area contributed by atoms with Crippen LogP contribution in [0.15, 0.2) is 24.3 Å². The van der Waals surface area contributed by atoms with Gasteiger partial charge in [-0.25, -0.2) is 13.1 Å². The van der Waals surface area contributed by atoms with Gasteiger partial charge in [-0.2, -0.15) is 11.8 Å². The fourth-order valence-electron chi connectivity index (χ4n) is 1.97. The highest BCUT2D eigenvalue weighted by Crippen LogP contribution is 2.09. The summed E-state index contributed by atoms with van der Waals surface area (Å²) in [6.45, 7) is 4.25. The van der Waals surface area contributed by atoms with E-state index in [1.807, 2.05) is 24.3 Å². The van der Waals surface area contributed by atoms with Gasteiger partial charge in [0.05, 0.1) is 5.75 Å². The lowest BCUT2D eigenvalue weighted by atomic mass is 10.1. The Hall–Kier alpha value is -0.560. The van der Waals surface area contributed by atoms with Crippen molar-refractivity contribution >= 4 is 21.8 Å². The minimum atomic E-state index is -3.24. The molecule has 0 saturated carbocycles. The van der Waals surface area contributed by atoms with Gasteiger partial charge in [0, 0.05) is 13.1 Å². The topological polar surface area (TPSA) is 58.2 Å². The minimum absolute atomic E-state index is 0.0511. The predicted octanol–water partition coefficient (Wildman–Crippen LogP) is 2.36. The Labute approximate surface area is 133 Å². The second-order valence-corrected chi connectivity index (χ2v) is 7.75. The van der Waals surface area contributed by atoms with Crippen LogP contribution >= 0.6 is 11.8 Å². The van der Waals surface area contributed by atoms with E-state index >= 15 is 0 Å². The molecule has 0 bridgehead atoms. The molecule has 0 atom stereocenters. The molecule has 1 rings (SSSR count). The molecule has 0 aliphatic carbocycles. The first-order valence-corrected chi connectivity index (χ1v) is 10.4. The summed E-state index contributed by atoms with van der Waals surface area (Å²) < 4.78 is 26.7. The lowest BCUT2D eigenvalue weighted by Crippen LogP contribution is -2.26. The quantitative estimate of drug-likeness (QED) is 0.612. The molecule has 0 radical (unpaired) electrons. The molecule has 0 aliphatic rings. The zero-order valence-electron chi connectivity index (χ0n) is 12.9. The van der Waals surface area contributed by atoms with E-state index in [-0.39, 0.29) is 5.75 Å². The van der Waals surface area contributed by atoms with Crippen LogP contribution in [0.25, 0.3) is 0 Å². The summed E-state index contributed by atoms with van der Waals surface area (Å²) in [5, 5.41) is 3.24. The molecule has 0 aliphatic heterocycles. The van der Waals surface area contributed by atoms with Crippen LogP contribution < -0.4 is 10.0 Å². The average molecular weight is 331 g/mol. The van der Waals surface area contributed by atoms with Crippen LogP contribution in [0.5, 0.6) is 0 Å². The summed E-state index contributed by atoms with van der Waals surface area (Å²) in [6, 6.07) is 7.74. The Morgan fingerprint density at radius 2 is 1.95 bits per heavy atom. The molecule has 4 nitrogen and oxygen atoms in total. The Bertz CT molecular complexity index is 504. The van der Waals surface area contributed by atoms with E-state index < -0.39 is 10.0 Å². The first-order valence-electron chi connectivity index (χ1n) is 7.32. The maximum absolute atomic E-state index is 12.0. The highest BCUT2D eigenvalue weighted by molar-refractivity contribution is 7.98. The van der Waals surface area contributed by atoms with Gasteiger partial charge in [0.25, 0.3) is 0 Å². The average Bonchev–Trinajstić information content (AvgIpc) is 2.44. The molecular weight excluding hydrogens is 304 g/mol. The van der Waals surface area contributed by atoms with Crippen molar-refractivity contribution in [2.24, 2.45) is 0 Å². The number of benzene rings is 1. The van der Waals surface area contributed by atoms with Gasteiger partial charge >= 0.3 is 0 Å². The number of sulfonamides is 1. The molecule has 1 aromatic carbocycles. The van der Waals surface area contributed by atoms with Crippen LogP contribution in [0.3, 0.4) is 0 Å². The van der Waals surface area contributed by atoms with Crippen LogP contribution in [0.2, 0.25) is 0 Å². The van der Waals surface area contributed by atoms with Gasteiger partial charge < -0.3 is 5.32 Å². The van der Waals surface area contributed by atoms with Crippen LogP contribution in [-0.4, -0.2) is 33.5 Å². The molecule has 120 valence electrons. The summed E-state index contributed by atoms with van der Waals surface area (Å²) in [6.07, 6.45) is 3.99. The Balaban J connectivity index is 2.46. The molecule has 0 unspecified atom stereocenters. The zero-order valence-corrected chi connectivity index (χ0v) is 14.5. The van der Waals surface area contributed by atoms with E-state index in [1.54, 1.807) is 11.8 Å². The molecule has 0 fully saturated rings. The van der Waals surface area contributed by atoms with Crippen molar-refractivity contribution < 1.29 is 8.42 Å². The number of thioether (sulfide) groups is 1. The Morgan fingerprint density at radius 1 is 1.19 bits per heavy atom. The van der Waals surface area contributed by atoms with E-state index in [0.29, 0.717) is 6.54 Å². The molecule has 0 amide bonds. The van der Waals surface area contributed by atoms with E-state index in [4.69, 9.17) is 0 Å². The fraction of sp³-hybridized carbons (Fsp3) is 0.600. The third kappa shape index (κ3) is 8.46. The predicted molar refractivity (Wildman–Crippen MR) is 92.1 cm³/mol. The zero-order chi connectivity index (χ0) is 15.6. The van der Waals surface area contributed by atoms with Crippen molar-refractivity contribution in [2.75, 3.05) is 25.1 Å². The van der Waals surface area contributed by atoms with E-state index in [2.05, 4.69) is 23.2 Å². The molecule has 0 heterocycles. The minimum Gasteiger partial charge on any atom is -0.313 e. The first-order chi connectivity index (χ1) is 10.1. The van der Waals surface area contributed by atoms with E-state index in [0.717, 1.165) is 42.8 Å². The summed E-state index contributed by atoms with van der Waals surface area (Å²) in [7, 11) is -3.24. The van der Waals surface area contributed by atoms with Crippen LogP contribution in [0, 0.1) is 0 Å². The fourth-order valence-corrected chi connectivity index (χ4v) is 3.64. The largest absolute Gasteiger partial charge is 0.313 e. The van der Waals surface area contributed by atoms with Gasteiger partial charge in [0.15, 0.2) is 0 Å². The summed E-state index contributed by atoms with van der Waals surface area (Å²) in [4.78, 5) is 0. The molecule has 0 saturated heterocycles. The monoisotopic (exact) mass is 330 g/mol. The summed E-state index contributed by atoms with van der Waals surface area (Å²) in [5.74, 6) is 1.13. The first kappa shape index (κ1) is 18.5. The lowest BCUT2D eigenvalue weighted by molar-refractivity contribution is 0.577. The van der Waals surface area contributed by atoms with Crippen molar-refractivity contribution in [3.8, 4) is 0 Å². The van der Waals surface area contributed by atoms with Gasteiger partial charge in [-0.1, -0.05) is 31.2 Å². The van der Waals surface area contributed by atoms with Gasteiger partial charge in [0.1, 0.15) is 0 Å². The van der Waals surface area contributed by atoms with Crippen molar-refractivity contribution in [1.82, 2.24) is 10.0 Å². The molecular formula is C15H26N2O2S2. The van der Waals surface area contributed by atoms with E-state index in [9.17, 15) is 8.42 Å². The number of hydrogen-bond donors (Lipinski definition) is 2. The van der Waals surface area contributed by atoms with Gasteiger partial charge in [0.2, 0.25) is 10.0 Å². The molecule has 0 aromatic heterocycles. The number of unbranched alkanes of at least 4 members (excludes halogenated alkanes) is 1. The third-order valence-corrected chi connectivity index (χ3v) is 5.08. The second kappa shape index (κ2) is 10.2. The highest BCUT2D eigenvalue weighted by atomic mass is 32.2. The van der Waals surface area contributed by atoms with Gasteiger partial charge in [-0.3, -0.25) is 0 Å². The molecule has 2 N–H and O–H groups in total. The van der Waals surface area contributed by atoms with Gasteiger partial charge in [-0.05, 0) is 42.5 Å². The third-order valence-electron chi connectivity index (χ3n) is 3.02. The number of rotatable bonds is 11. The molecule has 21 heavy (non-hydrogen) atoms. The highest BCUT2D eigenvalue weighted by Gasteiger charge is 2.11. The number of nitrogens with one attached hydrogen (secondary N) is 2. The van der Waals surface area contributed by atoms with Crippen molar-refractivity contribution in [1.29, 1.82) is 0 Å². The maximum Gasteiger partial charge on any atom is 0.215 e. The molecule has 1 aromatic rings. The van der Waals surface area contributed by atoms with E-state index in [1.165, 1.54) is 0 Å². The maximum atomic E-state index is 12.0. The van der Waals surface area contributed by atoms with Crippen LogP contribution in [0.4, 0.5) is 0 Å². The summed E-state index contributed by atoms with van der Waals surface area (Å²) >= 11 is 1.79. The van der Waals surface area contributed by atoms with Crippen molar-refractivity contribution in [3.05, 3.63) is 35.4 Å². The normalized spacial score (nSPS) is 11.7. The van der Waals surface area contributed by atoms with Gasteiger partial charge in [-0.15, -0.1) is 0 Å². The smallest absolute Gasteiger partial charge is 0.215 e. The second-order valence-electron chi connectivity index (χ2n) is 4.95. The standard InChI is InChI=1S/C15H26N2O2S2/c1-3-16-12-14-7-6-8-15(11-14)13-21(18,19)17-9-4-5-10-20-2/h6-8,11,16-17H,3-5,9-10,12-13H2,1-2H3. The van der Waals surface area contributed by atoms with Crippen molar-refractivity contribution in [2.45, 2.75) is 32.1 Å².